The van der Waals surface area contributed by atoms with Crippen LogP contribution in [0.25, 0.3) is 0 Å². The predicted octanol–water partition coefficient (Wildman–Crippen LogP) is 5.28. The summed E-state index contributed by atoms with van der Waals surface area (Å²) in [6.45, 7) is 0. The standard InChI is InChI=1S/C32H30I2O9S/c33-22-3-1-2-18(27(22)34)30(35)42-28-20-12-21-26(32(37)43-29(21)28)25(20)31(36)41-17-4-5-23(44(38,39)40)19(11-17)24-15-7-13-6-14(9-15)10-16(24)8-13/h1-5,11,13-16,20-21,24-26,28-29H,6-10,12H2,(H,38,39,40)/p-1. The molecule has 232 valence electrons. The highest BCUT2D eigenvalue weighted by Gasteiger charge is 2.70. The average Bonchev–Trinajstić information content (AvgIpc) is 3.57. The van der Waals surface area contributed by atoms with Crippen molar-refractivity contribution in [1.82, 2.24) is 0 Å². The van der Waals surface area contributed by atoms with Gasteiger partial charge in [0.05, 0.1) is 22.3 Å². The van der Waals surface area contributed by atoms with Gasteiger partial charge in [0.25, 0.3) is 0 Å². The lowest BCUT2D eigenvalue weighted by atomic mass is 9.51. The second-order valence-corrected chi connectivity index (χ2v) is 17.1. The first-order valence-corrected chi connectivity index (χ1v) is 18.7. The Bertz CT molecular complexity index is 1680. The van der Waals surface area contributed by atoms with E-state index in [1.165, 1.54) is 18.6 Å². The van der Waals surface area contributed by atoms with Gasteiger partial charge in [0.2, 0.25) is 0 Å². The number of carbonyl (C=O) groups is 3. The van der Waals surface area contributed by atoms with Crippen LogP contribution in [0.1, 0.15) is 60.4 Å². The fourth-order valence-electron chi connectivity index (χ4n) is 10.0. The minimum Gasteiger partial charge on any atom is -0.744 e. The smallest absolute Gasteiger partial charge is 0.339 e. The van der Waals surface area contributed by atoms with E-state index < -0.39 is 58.0 Å². The lowest BCUT2D eigenvalue weighted by Gasteiger charge is -2.55. The van der Waals surface area contributed by atoms with Gasteiger partial charge in [0.15, 0.2) is 0 Å². The molecule has 0 spiro atoms. The van der Waals surface area contributed by atoms with E-state index in [9.17, 15) is 27.4 Å². The Morgan fingerprint density at radius 2 is 1.61 bits per heavy atom. The quantitative estimate of drug-likeness (QED) is 0.165. The Hall–Kier alpha value is -1.78. The third-order valence-electron chi connectivity index (χ3n) is 11.3. The third kappa shape index (κ3) is 4.66. The molecule has 0 N–H and O–H groups in total. The maximum atomic E-state index is 13.8. The van der Waals surface area contributed by atoms with Crippen molar-refractivity contribution in [3.63, 3.8) is 0 Å². The highest BCUT2D eigenvalue weighted by atomic mass is 127. The summed E-state index contributed by atoms with van der Waals surface area (Å²) in [4.78, 5) is 39.7. The van der Waals surface area contributed by atoms with Crippen molar-refractivity contribution in [1.29, 1.82) is 0 Å². The van der Waals surface area contributed by atoms with Crippen LogP contribution in [0.3, 0.4) is 0 Å². The first kappa shape index (κ1) is 29.6. The van der Waals surface area contributed by atoms with Gasteiger partial charge < -0.3 is 18.8 Å². The zero-order valence-electron chi connectivity index (χ0n) is 23.4. The van der Waals surface area contributed by atoms with E-state index in [0.717, 1.165) is 32.8 Å². The number of hydrogen-bond donors (Lipinski definition) is 0. The van der Waals surface area contributed by atoms with Crippen molar-refractivity contribution < 1.29 is 41.6 Å². The molecule has 1 heterocycles. The molecule has 2 aromatic rings. The molecular formula is C32H29I2O9S-. The largest absolute Gasteiger partial charge is 0.744 e. The molecule has 6 bridgehead atoms. The van der Waals surface area contributed by atoms with Gasteiger partial charge in [-0.1, -0.05) is 6.07 Å². The van der Waals surface area contributed by atoms with E-state index >= 15 is 0 Å². The lowest BCUT2D eigenvalue weighted by Crippen LogP contribution is -2.44. The Morgan fingerprint density at radius 3 is 2.30 bits per heavy atom. The van der Waals surface area contributed by atoms with Crippen LogP contribution in [-0.2, 0) is 29.2 Å². The van der Waals surface area contributed by atoms with Crippen molar-refractivity contribution in [2.75, 3.05) is 0 Å². The van der Waals surface area contributed by atoms with Crippen LogP contribution in [0, 0.1) is 54.5 Å². The molecule has 6 atom stereocenters. The molecule has 6 unspecified atom stereocenters. The van der Waals surface area contributed by atoms with Gasteiger partial charge in [0, 0.05) is 19.0 Å². The predicted molar refractivity (Wildman–Crippen MR) is 169 cm³/mol. The number of carbonyl (C=O) groups excluding carboxylic acids is 3. The first-order chi connectivity index (χ1) is 21.0. The summed E-state index contributed by atoms with van der Waals surface area (Å²) in [5.41, 5.74) is 0.859. The number of fused-ring (bicyclic) bond motifs is 1. The molecule has 1 saturated heterocycles. The van der Waals surface area contributed by atoms with E-state index in [-0.39, 0.29) is 22.5 Å². The Balaban J connectivity index is 1.07. The highest BCUT2D eigenvalue weighted by molar-refractivity contribution is 14.1. The number of benzene rings is 2. The maximum Gasteiger partial charge on any atom is 0.339 e. The van der Waals surface area contributed by atoms with Crippen molar-refractivity contribution in [2.45, 2.75) is 61.5 Å². The van der Waals surface area contributed by atoms with Crippen LogP contribution in [-0.4, -0.2) is 43.1 Å². The fourth-order valence-corrected chi connectivity index (χ4v) is 11.8. The molecule has 7 aliphatic rings. The van der Waals surface area contributed by atoms with Crippen LogP contribution in [0.4, 0.5) is 0 Å². The van der Waals surface area contributed by atoms with E-state index in [2.05, 4.69) is 45.2 Å². The van der Waals surface area contributed by atoms with Gasteiger partial charge in [-0.15, -0.1) is 0 Å². The zero-order chi connectivity index (χ0) is 30.7. The fraction of sp³-hybridized carbons (Fsp3) is 0.531. The Morgan fingerprint density at radius 1 is 0.909 bits per heavy atom. The van der Waals surface area contributed by atoms with Crippen LogP contribution >= 0.6 is 45.2 Å². The van der Waals surface area contributed by atoms with Crippen LogP contribution in [0.15, 0.2) is 41.3 Å². The zero-order valence-corrected chi connectivity index (χ0v) is 28.5. The van der Waals surface area contributed by atoms with E-state index in [1.54, 1.807) is 18.2 Å². The molecule has 9 rings (SSSR count). The summed E-state index contributed by atoms with van der Waals surface area (Å²) in [7, 11) is -4.75. The second-order valence-electron chi connectivity index (χ2n) is 13.5. The lowest BCUT2D eigenvalue weighted by molar-refractivity contribution is -0.149. The van der Waals surface area contributed by atoms with Crippen molar-refractivity contribution in [3.05, 3.63) is 54.7 Å². The Kier molecular flexibility index (Phi) is 7.15. The van der Waals surface area contributed by atoms with E-state index in [0.29, 0.717) is 41.2 Å². The SMILES string of the molecule is O=C(OC1C2CC3C1OC(=O)C3C2C(=O)Oc1ccc(S(=O)(=O)[O-])c(C2C3CC4CC(C3)CC2C4)c1)c1cccc(I)c1I. The van der Waals surface area contributed by atoms with Crippen molar-refractivity contribution in [2.24, 2.45) is 47.3 Å². The van der Waals surface area contributed by atoms with Gasteiger partial charge in [0.1, 0.15) is 28.1 Å². The monoisotopic (exact) mass is 843 g/mol. The summed E-state index contributed by atoms with van der Waals surface area (Å²) >= 11 is 4.24. The third-order valence-corrected chi connectivity index (χ3v) is 15.3. The number of hydrogen-bond acceptors (Lipinski definition) is 9. The van der Waals surface area contributed by atoms with Gasteiger partial charge in [-0.3, -0.25) is 9.59 Å². The van der Waals surface area contributed by atoms with Crippen LogP contribution in [0.5, 0.6) is 5.75 Å². The van der Waals surface area contributed by atoms with Crippen LogP contribution in [0.2, 0.25) is 0 Å². The number of ether oxygens (including phenoxy) is 3. The second kappa shape index (κ2) is 10.6. The number of halogens is 2. The molecule has 0 amide bonds. The van der Waals surface area contributed by atoms with Gasteiger partial charge in [-0.05, 0) is 149 Å². The topological polar surface area (TPSA) is 136 Å². The molecular weight excluding hydrogens is 814 g/mol. The van der Waals surface area contributed by atoms with Gasteiger partial charge >= 0.3 is 17.9 Å². The normalized spacial score (nSPS) is 37.7. The first-order valence-electron chi connectivity index (χ1n) is 15.1. The number of esters is 3. The summed E-state index contributed by atoms with van der Waals surface area (Å²) in [6, 6.07) is 9.52. The molecule has 7 fully saturated rings. The van der Waals surface area contributed by atoms with Gasteiger partial charge in [-0.25, -0.2) is 13.2 Å². The molecule has 0 aromatic heterocycles. The molecule has 6 aliphatic carbocycles. The molecule has 1 aliphatic heterocycles. The van der Waals surface area contributed by atoms with E-state index in [4.69, 9.17) is 14.2 Å². The molecule has 0 radical (unpaired) electrons. The molecule has 9 nitrogen and oxygen atoms in total. The van der Waals surface area contributed by atoms with Crippen molar-refractivity contribution in [3.8, 4) is 5.75 Å². The summed E-state index contributed by atoms with van der Waals surface area (Å²) < 4.78 is 56.2. The number of rotatable bonds is 6. The minimum absolute atomic E-state index is 0.0686. The van der Waals surface area contributed by atoms with Crippen molar-refractivity contribution >= 4 is 73.2 Å². The summed E-state index contributed by atoms with van der Waals surface area (Å²) in [6.07, 6.45) is 4.45. The van der Waals surface area contributed by atoms with Gasteiger partial charge in [-0.2, -0.15) is 0 Å². The average molecular weight is 843 g/mol. The molecule has 12 heteroatoms. The Labute approximate surface area is 282 Å². The molecule has 44 heavy (non-hydrogen) atoms. The van der Waals surface area contributed by atoms with Crippen LogP contribution < -0.4 is 4.74 Å². The minimum atomic E-state index is -4.75. The summed E-state index contributed by atoms with van der Waals surface area (Å²) in [5.74, 6) is -1.92. The summed E-state index contributed by atoms with van der Waals surface area (Å²) in [5, 5.41) is 0. The highest BCUT2D eigenvalue weighted by Crippen LogP contribution is 2.61. The maximum absolute atomic E-state index is 13.8. The molecule has 6 saturated carbocycles. The van der Waals surface area contributed by atoms with E-state index in [1.807, 2.05) is 6.07 Å². The molecule has 2 aromatic carbocycles.